The summed E-state index contributed by atoms with van der Waals surface area (Å²) in [6.45, 7) is 3.04. The molecule has 1 aromatic heterocycles. The summed E-state index contributed by atoms with van der Waals surface area (Å²) in [6, 6.07) is 13.8. The number of rotatable bonds is 11. The number of aromatic nitrogens is 1. The Morgan fingerprint density at radius 2 is 1.86 bits per heavy atom. The number of likely N-dealkylation sites (tertiary alicyclic amines) is 1. The van der Waals surface area contributed by atoms with E-state index in [0.29, 0.717) is 22.8 Å². The van der Waals surface area contributed by atoms with E-state index in [4.69, 9.17) is 21.1 Å². The highest BCUT2D eigenvalue weighted by atomic mass is 35.5. The maximum absolute atomic E-state index is 11.2. The number of hydrogen-bond acceptors (Lipinski definition) is 7. The van der Waals surface area contributed by atoms with E-state index in [2.05, 4.69) is 22.0 Å². The van der Waals surface area contributed by atoms with Crippen molar-refractivity contribution in [2.45, 2.75) is 36.7 Å². The van der Waals surface area contributed by atoms with E-state index in [1.807, 2.05) is 42.1 Å². The molecule has 2 N–H and O–H groups in total. The summed E-state index contributed by atoms with van der Waals surface area (Å²) in [7, 11) is 3.30. The van der Waals surface area contributed by atoms with Crippen molar-refractivity contribution in [2.75, 3.05) is 46.2 Å². The van der Waals surface area contributed by atoms with Gasteiger partial charge in [0.05, 0.1) is 30.9 Å². The van der Waals surface area contributed by atoms with Crippen LogP contribution in [0.4, 0.5) is 0 Å². The summed E-state index contributed by atoms with van der Waals surface area (Å²) in [5.41, 5.74) is 1.27. The number of methoxy groups -OCH3 is 2. The molecule has 8 heteroatoms. The summed E-state index contributed by atoms with van der Waals surface area (Å²) in [5, 5.41) is 22.7. The van der Waals surface area contributed by atoms with E-state index in [0.717, 1.165) is 61.3 Å². The third-order valence-electron chi connectivity index (χ3n) is 7.32. The predicted molar refractivity (Wildman–Crippen MR) is 146 cm³/mol. The van der Waals surface area contributed by atoms with Crippen LogP contribution < -0.4 is 9.47 Å². The van der Waals surface area contributed by atoms with Crippen molar-refractivity contribution >= 4 is 34.3 Å². The molecule has 4 rings (SSSR count). The molecule has 3 aromatic rings. The average Bonchev–Trinajstić information content (AvgIpc) is 2.92. The fourth-order valence-electron chi connectivity index (χ4n) is 4.94. The van der Waals surface area contributed by atoms with Gasteiger partial charge >= 0.3 is 0 Å². The van der Waals surface area contributed by atoms with Crippen LogP contribution in [-0.4, -0.2) is 66.3 Å². The lowest BCUT2D eigenvalue weighted by Crippen LogP contribution is -2.43. The first-order valence-corrected chi connectivity index (χ1v) is 13.7. The third-order valence-corrected chi connectivity index (χ3v) is 8.59. The minimum Gasteiger partial charge on any atom is -0.497 e. The molecule has 6 nitrogen and oxygen atoms in total. The van der Waals surface area contributed by atoms with Crippen LogP contribution >= 0.6 is 23.4 Å². The monoisotopic (exact) mass is 530 g/mol. The Morgan fingerprint density at radius 3 is 2.58 bits per heavy atom. The van der Waals surface area contributed by atoms with Crippen LogP contribution in [0.15, 0.2) is 53.6 Å². The van der Waals surface area contributed by atoms with Crippen molar-refractivity contribution in [3.8, 4) is 11.5 Å². The second-order valence-electron chi connectivity index (χ2n) is 9.48. The Kier molecular flexibility index (Phi) is 9.36. The van der Waals surface area contributed by atoms with Gasteiger partial charge in [-0.1, -0.05) is 17.7 Å². The molecule has 1 saturated heterocycles. The maximum Gasteiger partial charge on any atom is 0.119 e. The van der Waals surface area contributed by atoms with Gasteiger partial charge in [0.1, 0.15) is 11.5 Å². The number of aliphatic hydroxyl groups is 2. The van der Waals surface area contributed by atoms with Gasteiger partial charge < -0.3 is 24.6 Å². The summed E-state index contributed by atoms with van der Waals surface area (Å²) in [5.74, 6) is 2.59. The Morgan fingerprint density at radius 1 is 1.11 bits per heavy atom. The number of halogens is 1. The van der Waals surface area contributed by atoms with Crippen LogP contribution in [0.3, 0.4) is 0 Å². The maximum atomic E-state index is 11.2. The number of pyridine rings is 1. The number of benzene rings is 2. The van der Waals surface area contributed by atoms with Crippen LogP contribution in [0.25, 0.3) is 10.9 Å². The summed E-state index contributed by atoms with van der Waals surface area (Å²) >= 11 is 8.32. The minimum absolute atomic E-state index is 0.130. The molecule has 1 atom stereocenters. The Labute approximate surface area is 222 Å². The van der Waals surface area contributed by atoms with E-state index in [1.165, 1.54) is 4.90 Å². The van der Waals surface area contributed by atoms with E-state index >= 15 is 0 Å². The lowest BCUT2D eigenvalue weighted by molar-refractivity contribution is 0.0254. The highest BCUT2D eigenvalue weighted by Gasteiger charge is 2.34. The summed E-state index contributed by atoms with van der Waals surface area (Å²) in [6.07, 6.45) is 3.95. The lowest BCUT2D eigenvalue weighted by Gasteiger charge is -2.41. The number of thioether (sulfide) groups is 1. The molecule has 36 heavy (non-hydrogen) atoms. The quantitative estimate of drug-likeness (QED) is 0.313. The molecule has 0 bridgehead atoms. The Balaban J connectivity index is 1.32. The largest absolute Gasteiger partial charge is 0.497 e. The highest BCUT2D eigenvalue weighted by molar-refractivity contribution is 7.99. The second-order valence-corrected chi connectivity index (χ2v) is 11.1. The van der Waals surface area contributed by atoms with Gasteiger partial charge in [-0.25, -0.2) is 0 Å². The van der Waals surface area contributed by atoms with E-state index in [-0.39, 0.29) is 12.0 Å². The second kappa shape index (κ2) is 12.5. The topological polar surface area (TPSA) is 75.1 Å². The van der Waals surface area contributed by atoms with Gasteiger partial charge in [0.15, 0.2) is 0 Å². The lowest BCUT2D eigenvalue weighted by atomic mass is 9.74. The van der Waals surface area contributed by atoms with Gasteiger partial charge in [-0.15, -0.1) is 11.8 Å². The predicted octanol–water partition coefficient (Wildman–Crippen LogP) is 5.59. The molecule has 194 valence electrons. The molecule has 1 fully saturated rings. The fourth-order valence-corrected chi connectivity index (χ4v) is 6.18. The van der Waals surface area contributed by atoms with Crippen molar-refractivity contribution in [3.63, 3.8) is 0 Å². The van der Waals surface area contributed by atoms with Gasteiger partial charge in [-0.2, -0.15) is 0 Å². The summed E-state index contributed by atoms with van der Waals surface area (Å²) < 4.78 is 10.7. The smallest absolute Gasteiger partial charge is 0.119 e. The van der Waals surface area contributed by atoms with Crippen molar-refractivity contribution in [1.82, 2.24) is 9.88 Å². The average molecular weight is 531 g/mol. The number of ether oxygens (including phenoxy) is 2. The number of fused-ring (bicyclic) bond motifs is 1. The SMILES string of the molecule is COc1cccc(SCCN2CCC(CO)(CC[C@H](O)c3c(Cl)cnc4ccc(OC)cc34)CC2)c1. The standard InChI is InChI=1S/C28H35ClN2O4S/c1-34-20-4-3-5-22(16-20)36-15-14-31-12-10-28(19-32,11-13-31)9-8-26(33)27-23-17-21(35-2)6-7-25(23)30-18-24(27)29/h3-7,16-18,26,32-33H,8-15,19H2,1-2H3/t26-/m0/s1. The van der Waals surface area contributed by atoms with Crippen LogP contribution in [0.1, 0.15) is 37.4 Å². The van der Waals surface area contributed by atoms with Crippen molar-refractivity contribution in [1.29, 1.82) is 0 Å². The van der Waals surface area contributed by atoms with Crippen molar-refractivity contribution < 1.29 is 19.7 Å². The van der Waals surface area contributed by atoms with Crippen LogP contribution in [-0.2, 0) is 0 Å². The van der Waals surface area contributed by atoms with Gasteiger partial charge in [-0.05, 0) is 80.6 Å². The van der Waals surface area contributed by atoms with Crippen molar-refractivity contribution in [2.24, 2.45) is 5.41 Å². The fraction of sp³-hybridized carbons (Fsp3) is 0.464. The van der Waals surface area contributed by atoms with Gasteiger partial charge in [0.2, 0.25) is 0 Å². The summed E-state index contributed by atoms with van der Waals surface area (Å²) in [4.78, 5) is 8.07. The number of hydrogen-bond donors (Lipinski definition) is 2. The minimum atomic E-state index is -0.740. The zero-order chi connectivity index (χ0) is 25.5. The molecule has 0 spiro atoms. The molecule has 2 heterocycles. The number of nitrogens with zero attached hydrogens (tertiary/aromatic N) is 2. The van der Waals surface area contributed by atoms with Crippen LogP contribution in [0.2, 0.25) is 5.02 Å². The first kappa shape index (κ1) is 27.0. The van der Waals surface area contributed by atoms with Gasteiger partial charge in [0, 0.05) is 40.9 Å². The van der Waals surface area contributed by atoms with E-state index in [9.17, 15) is 10.2 Å². The molecular weight excluding hydrogens is 496 g/mol. The van der Waals surface area contributed by atoms with Crippen LogP contribution in [0, 0.1) is 5.41 Å². The molecule has 0 aliphatic carbocycles. The van der Waals surface area contributed by atoms with Crippen LogP contribution in [0.5, 0.6) is 11.5 Å². The molecule has 0 saturated carbocycles. The molecular formula is C28H35ClN2O4S. The van der Waals surface area contributed by atoms with E-state index in [1.54, 1.807) is 20.4 Å². The molecule has 0 unspecified atom stereocenters. The number of aliphatic hydroxyl groups excluding tert-OH is 2. The first-order valence-electron chi connectivity index (χ1n) is 12.4. The molecule has 1 aliphatic heterocycles. The highest BCUT2D eigenvalue weighted by Crippen LogP contribution is 2.40. The zero-order valence-electron chi connectivity index (χ0n) is 21.0. The van der Waals surface area contributed by atoms with Gasteiger partial charge in [-0.3, -0.25) is 4.98 Å². The van der Waals surface area contributed by atoms with E-state index < -0.39 is 6.10 Å². The Bertz CT molecular complexity index is 1150. The number of piperidine rings is 1. The van der Waals surface area contributed by atoms with Gasteiger partial charge in [0.25, 0.3) is 0 Å². The Hall–Kier alpha value is -2.03. The molecule has 0 amide bonds. The first-order chi connectivity index (χ1) is 17.5. The van der Waals surface area contributed by atoms with Crippen molar-refractivity contribution in [3.05, 3.63) is 59.2 Å². The molecule has 1 aliphatic rings. The third kappa shape index (κ3) is 6.45. The normalized spacial score (nSPS) is 16.7. The molecule has 2 aromatic carbocycles. The molecule has 0 radical (unpaired) electrons. The zero-order valence-corrected chi connectivity index (χ0v) is 22.5.